The van der Waals surface area contributed by atoms with Crippen molar-refractivity contribution in [2.75, 3.05) is 5.32 Å². The molecule has 1 fully saturated rings. The molecule has 1 amide bonds. The molecule has 10 heteroatoms. The molecule has 1 N–H and O–H groups in total. The van der Waals surface area contributed by atoms with Gasteiger partial charge in [0.1, 0.15) is 18.2 Å². The highest BCUT2D eigenvalue weighted by molar-refractivity contribution is 7.98. The van der Waals surface area contributed by atoms with E-state index >= 15 is 0 Å². The molecule has 0 unspecified atom stereocenters. The molecule has 2 aromatic heterocycles. The Labute approximate surface area is 199 Å². The average Bonchev–Trinajstić information content (AvgIpc) is 3.58. The first-order valence-corrected chi connectivity index (χ1v) is 11.8. The number of rotatable bonds is 7. The lowest BCUT2D eigenvalue weighted by Gasteiger charge is -2.13. The van der Waals surface area contributed by atoms with Gasteiger partial charge in [0.05, 0.1) is 28.4 Å². The topological polar surface area (TPSA) is 118 Å². The molecule has 1 aliphatic carbocycles. The van der Waals surface area contributed by atoms with E-state index in [9.17, 15) is 14.9 Å². The van der Waals surface area contributed by atoms with Crippen LogP contribution in [0.2, 0.25) is 0 Å². The van der Waals surface area contributed by atoms with E-state index in [0.29, 0.717) is 39.2 Å². The van der Waals surface area contributed by atoms with Crippen LogP contribution < -0.4 is 10.9 Å². The van der Waals surface area contributed by atoms with Crippen LogP contribution in [0, 0.1) is 11.3 Å². The minimum Gasteiger partial charge on any atom is -0.326 e. The molecule has 4 aromatic rings. The van der Waals surface area contributed by atoms with E-state index in [2.05, 4.69) is 26.6 Å². The number of nitriles is 1. The number of fused-ring (bicyclic) bond motifs is 1. The van der Waals surface area contributed by atoms with E-state index in [1.54, 1.807) is 18.2 Å². The van der Waals surface area contributed by atoms with Gasteiger partial charge in [0.2, 0.25) is 5.91 Å². The summed E-state index contributed by atoms with van der Waals surface area (Å²) >= 11 is 1.41. The number of nitrogens with zero attached hydrogens (tertiary/aromatic N) is 6. The molecule has 9 nitrogen and oxygen atoms in total. The maximum atomic E-state index is 13.0. The van der Waals surface area contributed by atoms with Crippen LogP contribution in [0.1, 0.15) is 37.3 Å². The normalized spacial score (nSPS) is 13.1. The van der Waals surface area contributed by atoms with Crippen LogP contribution >= 0.6 is 11.8 Å². The van der Waals surface area contributed by atoms with Gasteiger partial charge in [-0.05, 0) is 43.2 Å². The number of carbonyl (C=O) groups excluding carboxylic acids is 1. The third-order valence-corrected chi connectivity index (χ3v) is 6.45. The smallest absolute Gasteiger partial charge is 0.262 e. The lowest BCUT2D eigenvalue weighted by molar-refractivity contribution is -0.114. The highest BCUT2D eigenvalue weighted by atomic mass is 32.2. The fourth-order valence-electron chi connectivity index (χ4n) is 3.84. The summed E-state index contributed by atoms with van der Waals surface area (Å²) in [5, 5.41) is 22.1. The Morgan fingerprint density at radius 2 is 2.03 bits per heavy atom. The molecule has 34 heavy (non-hydrogen) atoms. The van der Waals surface area contributed by atoms with Crippen molar-refractivity contribution >= 4 is 34.3 Å². The molecule has 0 saturated heterocycles. The second-order valence-corrected chi connectivity index (χ2v) is 9.01. The molecule has 0 radical (unpaired) electrons. The van der Waals surface area contributed by atoms with Crippen LogP contribution in [0.3, 0.4) is 0 Å². The predicted molar refractivity (Wildman–Crippen MR) is 129 cm³/mol. The number of thioether (sulfide) groups is 1. The number of nitrogens with one attached hydrogen (secondary N) is 1. The van der Waals surface area contributed by atoms with Crippen LogP contribution in [0.15, 0.2) is 58.5 Å². The third-order valence-electron chi connectivity index (χ3n) is 5.53. The summed E-state index contributed by atoms with van der Waals surface area (Å²) in [5.41, 5.74) is 1.91. The number of carbonyl (C=O) groups is 1. The molecule has 1 saturated carbocycles. The highest BCUT2D eigenvalue weighted by Gasteiger charge is 2.31. The van der Waals surface area contributed by atoms with Crippen molar-refractivity contribution in [2.45, 2.75) is 43.1 Å². The highest BCUT2D eigenvalue weighted by Crippen LogP contribution is 2.41. The van der Waals surface area contributed by atoms with Gasteiger partial charge in [0.15, 0.2) is 5.16 Å². The number of amides is 1. The molecule has 5 rings (SSSR count). The van der Waals surface area contributed by atoms with Gasteiger partial charge in [-0.1, -0.05) is 30.0 Å². The molecule has 2 heterocycles. The van der Waals surface area contributed by atoms with Crippen LogP contribution in [0.4, 0.5) is 5.69 Å². The van der Waals surface area contributed by atoms with Crippen LogP contribution in [-0.2, 0) is 17.1 Å². The van der Waals surface area contributed by atoms with Gasteiger partial charge >= 0.3 is 0 Å². The zero-order chi connectivity index (χ0) is 23.7. The molecular weight excluding hydrogens is 450 g/mol. The molecule has 0 aliphatic heterocycles. The summed E-state index contributed by atoms with van der Waals surface area (Å²) in [6, 6.07) is 16.7. The minimum atomic E-state index is -0.231. The summed E-state index contributed by atoms with van der Waals surface area (Å²) in [4.78, 5) is 29.1. The summed E-state index contributed by atoms with van der Waals surface area (Å²) < 4.78 is 3.41. The lowest BCUT2D eigenvalue weighted by atomic mass is 10.2. The first-order valence-electron chi connectivity index (χ1n) is 10.9. The molecule has 170 valence electrons. The molecular formula is C24H21N7O2S. The second-order valence-electron chi connectivity index (χ2n) is 8.07. The van der Waals surface area contributed by atoms with Crippen molar-refractivity contribution in [2.24, 2.45) is 0 Å². The molecule has 0 atom stereocenters. The Hall–Kier alpha value is -3.97. The van der Waals surface area contributed by atoms with Crippen molar-refractivity contribution in [3.05, 3.63) is 70.5 Å². The fraction of sp³-hybridized carbons (Fsp3) is 0.250. The van der Waals surface area contributed by atoms with E-state index in [1.165, 1.54) is 23.3 Å². The Bertz CT molecular complexity index is 1500. The largest absolute Gasteiger partial charge is 0.326 e. The van der Waals surface area contributed by atoms with E-state index in [1.807, 2.05) is 34.9 Å². The Morgan fingerprint density at radius 1 is 1.21 bits per heavy atom. The summed E-state index contributed by atoms with van der Waals surface area (Å²) in [5.74, 6) is 1.93. The van der Waals surface area contributed by atoms with E-state index in [-0.39, 0.29) is 18.0 Å². The van der Waals surface area contributed by atoms with Gasteiger partial charge in [-0.25, -0.2) is 4.98 Å². The van der Waals surface area contributed by atoms with Gasteiger partial charge in [0, 0.05) is 18.5 Å². The van der Waals surface area contributed by atoms with E-state index in [4.69, 9.17) is 0 Å². The van der Waals surface area contributed by atoms with Gasteiger partial charge in [-0.3, -0.25) is 18.7 Å². The monoisotopic (exact) mass is 471 g/mol. The average molecular weight is 472 g/mol. The van der Waals surface area contributed by atoms with E-state index in [0.717, 1.165) is 24.4 Å². The number of benzene rings is 2. The number of aromatic nitrogens is 5. The Morgan fingerprint density at radius 3 is 2.79 bits per heavy atom. The first kappa shape index (κ1) is 21.9. The summed E-state index contributed by atoms with van der Waals surface area (Å²) in [6.45, 7) is 1.39. The van der Waals surface area contributed by atoms with Crippen molar-refractivity contribution in [3.8, 4) is 11.8 Å². The zero-order valence-electron chi connectivity index (χ0n) is 18.4. The number of hydrogen-bond donors (Lipinski definition) is 1. The van der Waals surface area contributed by atoms with Gasteiger partial charge in [-0.2, -0.15) is 5.26 Å². The fourth-order valence-corrected chi connectivity index (χ4v) is 4.74. The van der Waals surface area contributed by atoms with E-state index < -0.39 is 0 Å². The summed E-state index contributed by atoms with van der Waals surface area (Å²) in [6.07, 6.45) is 2.12. The molecule has 1 aliphatic rings. The van der Waals surface area contributed by atoms with Crippen molar-refractivity contribution < 1.29 is 4.79 Å². The van der Waals surface area contributed by atoms with Crippen molar-refractivity contribution in [1.82, 2.24) is 24.3 Å². The predicted octanol–water partition coefficient (Wildman–Crippen LogP) is 3.63. The molecule has 2 aromatic carbocycles. The van der Waals surface area contributed by atoms with Crippen LogP contribution in [0.5, 0.6) is 0 Å². The molecule has 0 bridgehead atoms. The zero-order valence-corrected chi connectivity index (χ0v) is 19.2. The quantitative estimate of drug-likeness (QED) is 0.409. The summed E-state index contributed by atoms with van der Waals surface area (Å²) in [7, 11) is 0. The third kappa shape index (κ3) is 4.30. The van der Waals surface area contributed by atoms with Gasteiger partial charge < -0.3 is 5.32 Å². The number of anilines is 1. The van der Waals surface area contributed by atoms with Crippen molar-refractivity contribution in [3.63, 3.8) is 0 Å². The van der Waals surface area contributed by atoms with Crippen LogP contribution in [-0.4, -0.2) is 30.2 Å². The Balaban J connectivity index is 1.52. The standard InChI is InChI=1S/C24H21N7O2S/c1-15(32)26-17-5-4-6-18(13-17)31-22(16-9-10-16)28-29-24(31)34-14-21-27-20-8-3-2-7-19(20)23(33)30(21)12-11-25/h2-8,13,16H,9-10,12,14H2,1H3,(H,26,32). The maximum absolute atomic E-state index is 13.0. The Kier molecular flexibility index (Phi) is 5.86. The second kappa shape index (κ2) is 9.11. The first-order chi connectivity index (χ1) is 16.5. The number of hydrogen-bond acceptors (Lipinski definition) is 7. The lowest BCUT2D eigenvalue weighted by Crippen LogP contribution is -2.24. The van der Waals surface area contributed by atoms with Crippen LogP contribution in [0.25, 0.3) is 16.6 Å². The van der Waals surface area contributed by atoms with Crippen molar-refractivity contribution in [1.29, 1.82) is 5.26 Å². The molecule has 0 spiro atoms. The van der Waals surface area contributed by atoms with Gasteiger partial charge in [0.25, 0.3) is 5.56 Å². The minimum absolute atomic E-state index is 0.0780. The maximum Gasteiger partial charge on any atom is 0.262 e. The SMILES string of the molecule is CC(=O)Nc1cccc(-n2c(SCc3nc4ccccc4c(=O)n3CC#N)nnc2C2CC2)c1. The number of para-hydroxylation sites is 1. The van der Waals surface area contributed by atoms with Gasteiger partial charge in [-0.15, -0.1) is 10.2 Å².